The Morgan fingerprint density at radius 2 is 1.72 bits per heavy atom. The summed E-state index contributed by atoms with van der Waals surface area (Å²) in [6.07, 6.45) is 0. The van der Waals surface area contributed by atoms with Gasteiger partial charge in [0.25, 0.3) is 0 Å². The van der Waals surface area contributed by atoms with Crippen LogP contribution in [0.15, 0.2) is 44.7 Å². The Labute approximate surface area is 129 Å². The molecule has 1 aromatic heterocycles. The molecule has 2 rings (SSSR count). The van der Waals surface area contributed by atoms with Gasteiger partial charge in [-0.3, -0.25) is 0 Å². The van der Waals surface area contributed by atoms with E-state index in [1.54, 1.807) is 11.3 Å². The van der Waals surface area contributed by atoms with Crippen LogP contribution >= 0.6 is 43.2 Å². The van der Waals surface area contributed by atoms with Gasteiger partial charge in [-0.2, -0.15) is 0 Å². The summed E-state index contributed by atoms with van der Waals surface area (Å²) >= 11 is 8.89. The summed E-state index contributed by atoms with van der Waals surface area (Å²) in [5.41, 5.74) is 1.29. The molecule has 1 nitrogen and oxygen atoms in total. The summed E-state index contributed by atoms with van der Waals surface area (Å²) in [7, 11) is 0. The summed E-state index contributed by atoms with van der Waals surface area (Å²) in [6.45, 7) is 4.39. The lowest BCUT2D eigenvalue weighted by molar-refractivity contribution is 0.499. The lowest BCUT2D eigenvalue weighted by atomic mass is 10.1. The van der Waals surface area contributed by atoms with Gasteiger partial charge in [0.2, 0.25) is 0 Å². The minimum absolute atomic E-state index is 0.316. The minimum atomic E-state index is 0.316. The lowest BCUT2D eigenvalue weighted by Gasteiger charge is -2.20. The molecule has 0 amide bonds. The Balaban J connectivity index is 2.08. The fourth-order valence-electron chi connectivity index (χ4n) is 1.93. The molecule has 96 valence electrons. The predicted octanol–water partition coefficient (Wildman–Crippen LogP) is 5.68. The van der Waals surface area contributed by atoms with E-state index < -0.39 is 0 Å². The molecule has 2 aromatic rings. The molecule has 1 aromatic carbocycles. The molecule has 0 bridgehead atoms. The topological polar surface area (TPSA) is 12.0 Å². The van der Waals surface area contributed by atoms with E-state index >= 15 is 0 Å². The van der Waals surface area contributed by atoms with Gasteiger partial charge in [0.05, 0.1) is 3.79 Å². The normalized spacial score (nSPS) is 14.4. The van der Waals surface area contributed by atoms with E-state index in [0.717, 1.165) is 4.47 Å². The third-order valence-corrected chi connectivity index (χ3v) is 5.42. The zero-order chi connectivity index (χ0) is 13.1. The second kappa shape index (κ2) is 6.33. The quantitative estimate of drug-likeness (QED) is 0.709. The van der Waals surface area contributed by atoms with E-state index in [1.165, 1.54) is 14.2 Å². The van der Waals surface area contributed by atoms with Crippen LogP contribution in [0.4, 0.5) is 0 Å². The number of nitrogens with one attached hydrogen (secondary N) is 1. The van der Waals surface area contributed by atoms with Crippen LogP contribution in [0.3, 0.4) is 0 Å². The van der Waals surface area contributed by atoms with Crippen molar-refractivity contribution in [2.45, 2.75) is 25.9 Å². The van der Waals surface area contributed by atoms with Crippen LogP contribution in [-0.4, -0.2) is 0 Å². The van der Waals surface area contributed by atoms with Gasteiger partial charge in [-0.05, 0) is 53.5 Å². The van der Waals surface area contributed by atoms with Crippen molar-refractivity contribution in [2.75, 3.05) is 0 Å². The van der Waals surface area contributed by atoms with Crippen molar-refractivity contribution >= 4 is 43.2 Å². The lowest BCUT2D eigenvalue weighted by Crippen LogP contribution is -2.22. The highest BCUT2D eigenvalue weighted by molar-refractivity contribution is 9.11. The molecule has 0 saturated carbocycles. The zero-order valence-corrected chi connectivity index (χ0v) is 14.3. The van der Waals surface area contributed by atoms with Gasteiger partial charge < -0.3 is 5.32 Å². The number of halogens is 2. The van der Waals surface area contributed by atoms with Gasteiger partial charge in [-0.25, -0.2) is 0 Å². The van der Waals surface area contributed by atoms with E-state index in [4.69, 9.17) is 0 Å². The third-order valence-electron chi connectivity index (χ3n) is 2.89. The van der Waals surface area contributed by atoms with Crippen molar-refractivity contribution in [3.8, 4) is 0 Å². The zero-order valence-electron chi connectivity index (χ0n) is 10.3. The molecule has 1 unspecified atom stereocenters. The molecule has 4 heteroatoms. The summed E-state index contributed by atoms with van der Waals surface area (Å²) in [5, 5.41) is 3.63. The molecule has 0 aliphatic heterocycles. The van der Waals surface area contributed by atoms with Crippen molar-refractivity contribution in [3.63, 3.8) is 0 Å². The highest BCUT2D eigenvalue weighted by Crippen LogP contribution is 2.30. The SMILES string of the molecule is CC(N[C@@H](C)c1ccccc1Br)c1ccc(Br)s1. The standard InChI is InChI=1S/C14H15Br2NS/c1-9(11-5-3-4-6-12(11)15)17-10(2)13-7-8-14(16)18-13/h3-10,17H,1-2H3/t9-,10?/m0/s1. The molecule has 18 heavy (non-hydrogen) atoms. The minimum Gasteiger partial charge on any atom is -0.303 e. The Kier molecular flexibility index (Phi) is 5.01. The first-order valence-corrected chi connectivity index (χ1v) is 8.24. The molecule has 0 fully saturated rings. The van der Waals surface area contributed by atoms with Crippen molar-refractivity contribution in [1.29, 1.82) is 0 Å². The van der Waals surface area contributed by atoms with Gasteiger partial charge in [-0.1, -0.05) is 34.1 Å². The van der Waals surface area contributed by atoms with Crippen LogP contribution in [-0.2, 0) is 0 Å². The molecular weight excluding hydrogens is 374 g/mol. The summed E-state index contributed by atoms with van der Waals surface area (Å²) in [5.74, 6) is 0. The Bertz CT molecular complexity index is 524. The maximum absolute atomic E-state index is 3.63. The van der Waals surface area contributed by atoms with E-state index in [1.807, 2.05) is 6.07 Å². The van der Waals surface area contributed by atoms with Crippen LogP contribution in [0.1, 0.15) is 36.4 Å². The third kappa shape index (κ3) is 3.44. The van der Waals surface area contributed by atoms with E-state index in [2.05, 4.69) is 81.4 Å². The number of thiophene rings is 1. The fraction of sp³-hybridized carbons (Fsp3) is 0.286. The molecule has 1 N–H and O–H groups in total. The monoisotopic (exact) mass is 387 g/mol. The number of hydrogen-bond donors (Lipinski definition) is 1. The van der Waals surface area contributed by atoms with Gasteiger partial charge in [0.15, 0.2) is 0 Å². The maximum Gasteiger partial charge on any atom is 0.0701 e. The highest BCUT2D eigenvalue weighted by Gasteiger charge is 2.14. The Morgan fingerprint density at radius 3 is 2.33 bits per heavy atom. The number of rotatable bonds is 4. The van der Waals surface area contributed by atoms with Crippen LogP contribution in [0.5, 0.6) is 0 Å². The van der Waals surface area contributed by atoms with Crippen molar-refractivity contribution in [3.05, 3.63) is 55.1 Å². The average molecular weight is 389 g/mol. The molecule has 0 aliphatic carbocycles. The molecule has 0 spiro atoms. The second-order valence-electron chi connectivity index (χ2n) is 4.27. The molecule has 0 aliphatic rings. The predicted molar refractivity (Wildman–Crippen MR) is 86.1 cm³/mol. The van der Waals surface area contributed by atoms with Crippen molar-refractivity contribution in [1.82, 2.24) is 5.32 Å². The van der Waals surface area contributed by atoms with E-state index in [9.17, 15) is 0 Å². The van der Waals surface area contributed by atoms with Crippen molar-refractivity contribution < 1.29 is 0 Å². The van der Waals surface area contributed by atoms with Crippen LogP contribution in [0.2, 0.25) is 0 Å². The summed E-state index contributed by atoms with van der Waals surface area (Å²) < 4.78 is 2.34. The largest absolute Gasteiger partial charge is 0.303 e. The van der Waals surface area contributed by atoms with Gasteiger partial charge in [0, 0.05) is 21.4 Å². The van der Waals surface area contributed by atoms with E-state index in [0.29, 0.717) is 12.1 Å². The Morgan fingerprint density at radius 1 is 1.00 bits per heavy atom. The first-order chi connectivity index (χ1) is 8.58. The van der Waals surface area contributed by atoms with Gasteiger partial charge in [0.1, 0.15) is 0 Å². The fourth-order valence-corrected chi connectivity index (χ4v) is 4.00. The number of benzene rings is 1. The average Bonchev–Trinajstić information content (AvgIpc) is 2.76. The molecule has 2 atom stereocenters. The molecule has 0 radical (unpaired) electrons. The second-order valence-corrected chi connectivity index (χ2v) is 7.62. The molecule has 0 saturated heterocycles. The Hall–Kier alpha value is -0.160. The van der Waals surface area contributed by atoms with Crippen LogP contribution in [0.25, 0.3) is 0 Å². The van der Waals surface area contributed by atoms with Crippen molar-refractivity contribution in [2.24, 2.45) is 0 Å². The van der Waals surface area contributed by atoms with Gasteiger partial charge in [-0.15, -0.1) is 11.3 Å². The van der Waals surface area contributed by atoms with Gasteiger partial charge >= 0.3 is 0 Å². The first-order valence-electron chi connectivity index (χ1n) is 5.83. The smallest absolute Gasteiger partial charge is 0.0701 e. The van der Waals surface area contributed by atoms with E-state index in [-0.39, 0.29) is 0 Å². The summed E-state index contributed by atoms with van der Waals surface area (Å²) in [4.78, 5) is 1.35. The number of hydrogen-bond acceptors (Lipinski definition) is 2. The van der Waals surface area contributed by atoms with Crippen LogP contribution < -0.4 is 5.32 Å². The van der Waals surface area contributed by atoms with Crippen LogP contribution in [0, 0.1) is 0 Å². The maximum atomic E-state index is 3.63. The first kappa shape index (κ1) is 14.3. The summed E-state index contributed by atoms with van der Waals surface area (Å²) in [6, 6.07) is 13.3. The molecule has 1 heterocycles. The molecular formula is C14H15Br2NS. The highest BCUT2D eigenvalue weighted by atomic mass is 79.9.